The molecule has 1 saturated heterocycles. The normalized spacial score (nSPS) is 22.1. The van der Waals surface area contributed by atoms with Gasteiger partial charge in [0.05, 0.1) is 17.8 Å². The number of hydrogen-bond donors (Lipinski definition) is 1. The van der Waals surface area contributed by atoms with E-state index in [0.29, 0.717) is 24.3 Å². The van der Waals surface area contributed by atoms with Crippen LogP contribution in [0.15, 0.2) is 6.20 Å². The number of carbonyl (C=O) groups excluding carboxylic acids is 1. The Kier molecular flexibility index (Phi) is 5.18. The fourth-order valence-corrected chi connectivity index (χ4v) is 3.63. The molecule has 1 aliphatic rings. The van der Waals surface area contributed by atoms with Crippen molar-refractivity contribution in [2.24, 2.45) is 5.41 Å². The highest BCUT2D eigenvalue weighted by atomic mass is 32.1. The topological polar surface area (TPSA) is 79.7 Å². The number of carbonyl (C=O) groups is 2. The SMILES string of the molecule is COCC1(C(=O)O)CCCN(C(=O)c2cnc(C(C)C)s2)C1. The van der Waals surface area contributed by atoms with Gasteiger partial charge >= 0.3 is 5.97 Å². The molecule has 1 amide bonds. The van der Waals surface area contributed by atoms with Gasteiger partial charge in [-0.3, -0.25) is 9.59 Å². The van der Waals surface area contributed by atoms with Crippen LogP contribution in [0.25, 0.3) is 0 Å². The van der Waals surface area contributed by atoms with Crippen molar-refractivity contribution in [3.05, 3.63) is 16.1 Å². The number of carboxylic acid groups (broad SMARTS) is 1. The Morgan fingerprint density at radius 1 is 1.55 bits per heavy atom. The van der Waals surface area contributed by atoms with Gasteiger partial charge in [-0.15, -0.1) is 11.3 Å². The Morgan fingerprint density at radius 2 is 2.27 bits per heavy atom. The lowest BCUT2D eigenvalue weighted by molar-refractivity contribution is -0.155. The Balaban J connectivity index is 2.17. The van der Waals surface area contributed by atoms with Crippen LogP contribution >= 0.6 is 11.3 Å². The lowest BCUT2D eigenvalue weighted by Crippen LogP contribution is -2.52. The predicted octanol–water partition coefficient (Wildman–Crippen LogP) is 2.22. The number of hydrogen-bond acceptors (Lipinski definition) is 5. The largest absolute Gasteiger partial charge is 0.481 e. The maximum absolute atomic E-state index is 12.6. The van der Waals surface area contributed by atoms with Crippen LogP contribution in [0, 0.1) is 5.41 Å². The van der Waals surface area contributed by atoms with Crippen LogP contribution in [-0.2, 0) is 9.53 Å². The molecule has 1 atom stereocenters. The Labute approximate surface area is 134 Å². The summed E-state index contributed by atoms with van der Waals surface area (Å²) >= 11 is 1.38. The number of amides is 1. The first-order chi connectivity index (χ1) is 10.4. The van der Waals surface area contributed by atoms with E-state index in [4.69, 9.17) is 4.74 Å². The average Bonchev–Trinajstić information content (AvgIpc) is 2.97. The van der Waals surface area contributed by atoms with Crippen molar-refractivity contribution in [3.8, 4) is 0 Å². The highest BCUT2D eigenvalue weighted by molar-refractivity contribution is 7.13. The van der Waals surface area contributed by atoms with Gasteiger partial charge in [0.1, 0.15) is 10.3 Å². The van der Waals surface area contributed by atoms with E-state index in [1.54, 1.807) is 11.1 Å². The zero-order chi connectivity index (χ0) is 16.3. The van der Waals surface area contributed by atoms with E-state index in [0.717, 1.165) is 5.01 Å². The van der Waals surface area contributed by atoms with Crippen molar-refractivity contribution in [1.82, 2.24) is 9.88 Å². The quantitative estimate of drug-likeness (QED) is 0.897. The Bertz CT molecular complexity index is 553. The van der Waals surface area contributed by atoms with E-state index in [-0.39, 0.29) is 25.0 Å². The molecule has 6 nitrogen and oxygen atoms in total. The van der Waals surface area contributed by atoms with E-state index >= 15 is 0 Å². The van der Waals surface area contributed by atoms with E-state index in [1.165, 1.54) is 18.4 Å². The maximum Gasteiger partial charge on any atom is 0.313 e. The third kappa shape index (κ3) is 3.30. The molecule has 0 radical (unpaired) electrons. The summed E-state index contributed by atoms with van der Waals surface area (Å²) in [6.45, 7) is 4.94. The van der Waals surface area contributed by atoms with Gasteiger partial charge in [-0.05, 0) is 12.8 Å². The minimum atomic E-state index is -1.01. The fraction of sp³-hybridized carbons (Fsp3) is 0.667. The molecular formula is C15H22N2O4S. The van der Waals surface area contributed by atoms with E-state index < -0.39 is 11.4 Å². The standard InChI is InChI=1S/C15H22N2O4S/c1-10(2)12-16-7-11(22-12)13(18)17-6-4-5-15(8-17,9-21-3)14(19)20/h7,10H,4-6,8-9H2,1-3H3,(H,19,20). The predicted molar refractivity (Wildman–Crippen MR) is 83.3 cm³/mol. The number of piperidine rings is 1. The van der Waals surface area contributed by atoms with Crippen molar-refractivity contribution >= 4 is 23.2 Å². The van der Waals surface area contributed by atoms with Crippen LogP contribution in [-0.4, -0.2) is 53.7 Å². The molecule has 0 aliphatic carbocycles. The van der Waals surface area contributed by atoms with Gasteiger partial charge in [0.2, 0.25) is 0 Å². The molecule has 0 bridgehead atoms. The van der Waals surface area contributed by atoms with Crippen molar-refractivity contribution in [3.63, 3.8) is 0 Å². The summed E-state index contributed by atoms with van der Waals surface area (Å²) in [6, 6.07) is 0. The summed E-state index contributed by atoms with van der Waals surface area (Å²) in [4.78, 5) is 30.7. The van der Waals surface area contributed by atoms with Crippen molar-refractivity contribution < 1.29 is 19.4 Å². The molecule has 1 unspecified atom stereocenters. The molecule has 1 aromatic heterocycles. The third-order valence-corrected chi connectivity index (χ3v) is 5.25. The fourth-order valence-electron chi connectivity index (χ4n) is 2.74. The number of methoxy groups -OCH3 is 1. The smallest absolute Gasteiger partial charge is 0.313 e. The maximum atomic E-state index is 12.6. The van der Waals surface area contributed by atoms with Crippen molar-refractivity contribution in [2.45, 2.75) is 32.6 Å². The second kappa shape index (κ2) is 6.75. The molecule has 0 aromatic carbocycles. The Morgan fingerprint density at radius 3 is 2.82 bits per heavy atom. The highest BCUT2D eigenvalue weighted by Gasteiger charge is 2.44. The summed E-state index contributed by atoms with van der Waals surface area (Å²) in [5, 5.41) is 10.5. The molecule has 2 heterocycles. The molecule has 2 rings (SSSR count). The Hall–Kier alpha value is -1.47. The molecule has 7 heteroatoms. The molecule has 122 valence electrons. The molecule has 1 fully saturated rings. The molecule has 0 spiro atoms. The average molecular weight is 326 g/mol. The van der Waals surface area contributed by atoms with Gasteiger partial charge in [0.25, 0.3) is 5.91 Å². The van der Waals surface area contributed by atoms with Crippen LogP contribution in [0.5, 0.6) is 0 Å². The van der Waals surface area contributed by atoms with Gasteiger partial charge < -0.3 is 14.7 Å². The number of ether oxygens (including phenoxy) is 1. The number of likely N-dealkylation sites (tertiary alicyclic amines) is 1. The second-order valence-electron chi connectivity index (χ2n) is 6.07. The molecule has 1 aliphatic heterocycles. The van der Waals surface area contributed by atoms with Crippen LogP contribution in [0.1, 0.15) is 47.3 Å². The monoisotopic (exact) mass is 326 g/mol. The lowest BCUT2D eigenvalue weighted by Gasteiger charge is -2.39. The first-order valence-electron chi connectivity index (χ1n) is 7.37. The molecule has 22 heavy (non-hydrogen) atoms. The lowest BCUT2D eigenvalue weighted by atomic mass is 9.80. The number of carboxylic acids is 1. The van der Waals surface area contributed by atoms with Crippen molar-refractivity contribution in [2.75, 3.05) is 26.8 Å². The van der Waals surface area contributed by atoms with Gasteiger partial charge in [-0.1, -0.05) is 13.8 Å². The third-order valence-electron chi connectivity index (χ3n) is 3.97. The summed E-state index contributed by atoms with van der Waals surface area (Å²) < 4.78 is 5.09. The van der Waals surface area contributed by atoms with Gasteiger partial charge in [-0.2, -0.15) is 0 Å². The van der Waals surface area contributed by atoms with E-state index in [1.807, 2.05) is 13.8 Å². The van der Waals surface area contributed by atoms with E-state index in [9.17, 15) is 14.7 Å². The first kappa shape index (κ1) is 16.9. The number of rotatable bonds is 5. The van der Waals surface area contributed by atoms with E-state index in [2.05, 4.69) is 4.98 Å². The number of aliphatic carboxylic acids is 1. The minimum absolute atomic E-state index is 0.117. The molecule has 1 aromatic rings. The summed E-state index contributed by atoms with van der Waals surface area (Å²) in [7, 11) is 1.49. The summed E-state index contributed by atoms with van der Waals surface area (Å²) in [6.07, 6.45) is 2.78. The highest BCUT2D eigenvalue weighted by Crippen LogP contribution is 2.32. The van der Waals surface area contributed by atoms with Gasteiger partial charge in [-0.25, -0.2) is 4.98 Å². The summed E-state index contributed by atoms with van der Waals surface area (Å²) in [5.74, 6) is -0.760. The van der Waals surface area contributed by atoms with Crippen LogP contribution in [0.2, 0.25) is 0 Å². The summed E-state index contributed by atoms with van der Waals surface area (Å²) in [5.41, 5.74) is -1.01. The molecule has 0 saturated carbocycles. The second-order valence-corrected chi connectivity index (χ2v) is 7.13. The zero-order valence-electron chi connectivity index (χ0n) is 13.2. The number of aromatic nitrogens is 1. The minimum Gasteiger partial charge on any atom is -0.481 e. The van der Waals surface area contributed by atoms with Crippen LogP contribution < -0.4 is 0 Å². The molecular weight excluding hydrogens is 304 g/mol. The first-order valence-corrected chi connectivity index (χ1v) is 8.18. The van der Waals surface area contributed by atoms with Crippen LogP contribution in [0.3, 0.4) is 0 Å². The van der Waals surface area contributed by atoms with Gasteiger partial charge in [0.15, 0.2) is 0 Å². The molecule has 1 N–H and O–H groups in total. The van der Waals surface area contributed by atoms with Crippen molar-refractivity contribution in [1.29, 1.82) is 0 Å². The number of nitrogens with zero attached hydrogens (tertiary/aromatic N) is 2. The van der Waals surface area contributed by atoms with Gasteiger partial charge in [0, 0.05) is 26.1 Å². The number of thiazole rings is 1. The zero-order valence-corrected chi connectivity index (χ0v) is 14.0. The van der Waals surface area contributed by atoms with Crippen LogP contribution in [0.4, 0.5) is 0 Å².